The van der Waals surface area contributed by atoms with E-state index in [9.17, 15) is 9.59 Å². The fraction of sp³-hybridized carbons (Fsp3) is 0.543. The summed E-state index contributed by atoms with van der Waals surface area (Å²) in [7, 11) is 0. The molecule has 2 fully saturated rings. The topological polar surface area (TPSA) is 83.8 Å². The summed E-state index contributed by atoms with van der Waals surface area (Å²) in [5, 5.41) is 0.713. The summed E-state index contributed by atoms with van der Waals surface area (Å²) in [6.07, 6.45) is 13.6. The number of hydrogen-bond donors (Lipinski definition) is 0. The van der Waals surface area contributed by atoms with Gasteiger partial charge in [0.05, 0.1) is 18.1 Å². The van der Waals surface area contributed by atoms with Crippen LogP contribution in [-0.2, 0) is 28.9 Å². The van der Waals surface area contributed by atoms with Crippen molar-refractivity contribution in [2.24, 2.45) is 0 Å². The first-order valence-corrected chi connectivity index (χ1v) is 17.7. The minimum atomic E-state index is -0.671. The van der Waals surface area contributed by atoms with Crippen molar-refractivity contribution in [3.8, 4) is 0 Å². The number of likely N-dealkylation sites (tertiary alicyclic amines) is 1. The zero-order valence-corrected chi connectivity index (χ0v) is 29.3. The van der Waals surface area contributed by atoms with Crippen molar-refractivity contribution in [2.75, 3.05) is 26.2 Å². The largest absolute Gasteiger partial charge is 0.444 e. The Morgan fingerprint density at radius 2 is 1.89 bits per heavy atom. The number of aromatic nitrogens is 3. The van der Waals surface area contributed by atoms with E-state index in [1.807, 2.05) is 45.6 Å². The number of pyridine rings is 1. The lowest BCUT2D eigenvalue weighted by Crippen LogP contribution is -2.63. The minimum Gasteiger partial charge on any atom is -0.444 e. The number of rotatable bonds is 6. The molecule has 3 unspecified atom stereocenters. The summed E-state index contributed by atoms with van der Waals surface area (Å²) >= 11 is 10.1. The molecule has 0 spiro atoms. The monoisotopic (exact) mass is 710 g/mol. The van der Waals surface area contributed by atoms with Crippen LogP contribution in [0.25, 0.3) is 0 Å². The molecule has 4 heterocycles. The van der Waals surface area contributed by atoms with Crippen molar-refractivity contribution >= 4 is 39.5 Å². The molecule has 0 bridgehead atoms. The lowest BCUT2D eigenvalue weighted by Gasteiger charge is -2.46. The molecule has 2 saturated heterocycles. The molecule has 0 N–H and O–H groups in total. The van der Waals surface area contributed by atoms with Gasteiger partial charge in [-0.25, -0.2) is 9.78 Å². The molecular weight excluding hydrogens is 668 g/mol. The molecule has 0 radical (unpaired) electrons. The average molecular weight is 712 g/mol. The van der Waals surface area contributed by atoms with E-state index < -0.39 is 17.7 Å². The van der Waals surface area contributed by atoms with Crippen LogP contribution in [0, 0.1) is 0 Å². The third-order valence-electron chi connectivity index (χ3n) is 9.40. The van der Waals surface area contributed by atoms with E-state index in [4.69, 9.17) is 21.3 Å². The SMILES string of the molecule is CC(C)(C)OC(=O)N1CCN(C2c3ccc(Cl)cc3CCc3cc(Br)cnc32)CC1C(=O)N1CCCCC1CCCn1ccnc1. The van der Waals surface area contributed by atoms with Crippen LogP contribution in [0.15, 0.2) is 53.7 Å². The summed E-state index contributed by atoms with van der Waals surface area (Å²) in [5.41, 5.74) is 3.86. The number of aryl methyl sites for hydroxylation is 3. The quantitative estimate of drug-likeness (QED) is 0.284. The van der Waals surface area contributed by atoms with E-state index in [2.05, 4.69) is 53.5 Å². The van der Waals surface area contributed by atoms with Crippen LogP contribution in [0.5, 0.6) is 0 Å². The van der Waals surface area contributed by atoms with Gasteiger partial charge in [0.15, 0.2) is 0 Å². The molecule has 1 aromatic carbocycles. The van der Waals surface area contributed by atoms with Crippen LogP contribution < -0.4 is 0 Å². The average Bonchev–Trinajstić information content (AvgIpc) is 3.49. The molecule has 2 aromatic heterocycles. The highest BCUT2D eigenvalue weighted by molar-refractivity contribution is 9.10. The number of carbonyl (C=O) groups excluding carboxylic acids is 2. The van der Waals surface area contributed by atoms with E-state index in [-0.39, 0.29) is 18.0 Å². The van der Waals surface area contributed by atoms with Crippen molar-refractivity contribution in [1.29, 1.82) is 0 Å². The number of hydrogen-bond acceptors (Lipinski definition) is 6. The molecule has 2 aliphatic heterocycles. The maximum absolute atomic E-state index is 14.7. The van der Waals surface area contributed by atoms with E-state index in [1.54, 1.807) is 11.1 Å². The molecule has 3 atom stereocenters. The first-order chi connectivity index (χ1) is 22.1. The first kappa shape index (κ1) is 33.0. The maximum Gasteiger partial charge on any atom is 0.411 e. The van der Waals surface area contributed by atoms with Crippen LogP contribution in [0.4, 0.5) is 4.79 Å². The highest BCUT2D eigenvalue weighted by Crippen LogP contribution is 2.39. The Morgan fingerprint density at radius 1 is 1.07 bits per heavy atom. The predicted molar refractivity (Wildman–Crippen MR) is 182 cm³/mol. The molecule has 6 rings (SSSR count). The molecule has 0 saturated carbocycles. The van der Waals surface area contributed by atoms with Crippen LogP contribution >= 0.6 is 27.5 Å². The van der Waals surface area contributed by atoms with Gasteiger partial charge in [0, 0.05) is 66.9 Å². The smallest absolute Gasteiger partial charge is 0.411 e. The van der Waals surface area contributed by atoms with Gasteiger partial charge in [0.25, 0.3) is 0 Å². The first-order valence-electron chi connectivity index (χ1n) is 16.5. The van der Waals surface area contributed by atoms with E-state index in [1.165, 1.54) is 11.1 Å². The number of ether oxygens (including phenoxy) is 1. The second kappa shape index (κ2) is 14.0. The molecule has 9 nitrogen and oxygen atoms in total. The Morgan fingerprint density at radius 3 is 2.67 bits per heavy atom. The van der Waals surface area contributed by atoms with Crippen LogP contribution in [0.1, 0.15) is 81.3 Å². The van der Waals surface area contributed by atoms with Gasteiger partial charge in [0.2, 0.25) is 5.91 Å². The third kappa shape index (κ3) is 7.44. The Labute approximate surface area is 285 Å². The molecule has 3 aliphatic rings. The van der Waals surface area contributed by atoms with Gasteiger partial charge >= 0.3 is 6.09 Å². The Balaban J connectivity index is 1.31. The Bertz CT molecular complexity index is 1490. The summed E-state index contributed by atoms with van der Waals surface area (Å²) in [4.78, 5) is 43.6. The normalized spacial score (nSPS) is 22.2. The maximum atomic E-state index is 14.7. The molecule has 1 aliphatic carbocycles. The number of carbonyl (C=O) groups is 2. The Hall–Kier alpha value is -2.95. The number of piperidine rings is 1. The second-order valence-corrected chi connectivity index (χ2v) is 15.1. The molecule has 2 amide bonds. The van der Waals surface area contributed by atoms with Crippen molar-refractivity contribution in [1.82, 2.24) is 29.2 Å². The number of halogens is 2. The standard InChI is InChI=1S/C35H44BrClN6O3/c1-35(2,3)46-34(45)43-18-17-41(32-29-12-11-27(37)20-24(29)9-10-25-19-26(36)21-39-31(25)32)22-30(43)33(44)42-15-5-4-7-28(42)8-6-14-40-16-13-38-23-40/h11-13,16,19-21,23,28,30,32H,4-10,14-15,17-18,22H2,1-3H3. The molecule has 11 heteroatoms. The van der Waals surface area contributed by atoms with Crippen LogP contribution in [0.2, 0.25) is 5.02 Å². The van der Waals surface area contributed by atoms with Gasteiger partial charge < -0.3 is 14.2 Å². The number of imidazole rings is 1. The van der Waals surface area contributed by atoms with Crippen LogP contribution in [0.3, 0.4) is 0 Å². The van der Waals surface area contributed by atoms with Gasteiger partial charge in [-0.3, -0.25) is 19.6 Å². The van der Waals surface area contributed by atoms with E-state index in [0.717, 1.165) is 67.2 Å². The minimum absolute atomic E-state index is 0.0110. The fourth-order valence-electron chi connectivity index (χ4n) is 7.28. The summed E-state index contributed by atoms with van der Waals surface area (Å²) in [6, 6.07) is 7.58. The molecular formula is C35H44BrClN6O3. The van der Waals surface area contributed by atoms with Crippen LogP contribution in [-0.4, -0.2) is 85.1 Å². The third-order valence-corrected chi connectivity index (χ3v) is 10.1. The molecule has 46 heavy (non-hydrogen) atoms. The van der Waals surface area contributed by atoms with Crippen molar-refractivity contribution in [2.45, 2.75) is 96.0 Å². The van der Waals surface area contributed by atoms with Gasteiger partial charge in [0.1, 0.15) is 11.6 Å². The van der Waals surface area contributed by atoms with Crippen molar-refractivity contribution in [3.05, 3.63) is 81.1 Å². The predicted octanol–water partition coefficient (Wildman–Crippen LogP) is 6.66. The lowest BCUT2D eigenvalue weighted by molar-refractivity contribution is -0.143. The van der Waals surface area contributed by atoms with Crippen molar-refractivity contribution in [3.63, 3.8) is 0 Å². The summed E-state index contributed by atoms with van der Waals surface area (Å²) in [6.45, 7) is 8.54. The van der Waals surface area contributed by atoms with Gasteiger partial charge in [-0.2, -0.15) is 0 Å². The summed E-state index contributed by atoms with van der Waals surface area (Å²) in [5.74, 6) is 0.0110. The number of piperazine rings is 1. The van der Waals surface area contributed by atoms with Gasteiger partial charge in [-0.05, 0) is 117 Å². The van der Waals surface area contributed by atoms with Gasteiger partial charge in [-0.1, -0.05) is 17.7 Å². The summed E-state index contributed by atoms with van der Waals surface area (Å²) < 4.78 is 8.90. The van der Waals surface area contributed by atoms with Gasteiger partial charge in [-0.15, -0.1) is 0 Å². The zero-order chi connectivity index (χ0) is 32.4. The van der Waals surface area contributed by atoms with E-state index in [0.29, 0.717) is 31.2 Å². The number of fused-ring (bicyclic) bond motifs is 2. The second-order valence-electron chi connectivity index (χ2n) is 13.8. The highest BCUT2D eigenvalue weighted by atomic mass is 79.9. The van der Waals surface area contributed by atoms with Crippen molar-refractivity contribution < 1.29 is 14.3 Å². The fourth-order valence-corrected chi connectivity index (χ4v) is 7.86. The highest BCUT2D eigenvalue weighted by Gasteiger charge is 2.44. The number of amides is 2. The van der Waals surface area contributed by atoms with E-state index >= 15 is 0 Å². The number of benzene rings is 1. The lowest BCUT2D eigenvalue weighted by atomic mass is 9.94. The Kier molecular flexibility index (Phi) is 10.1. The number of nitrogens with zero attached hydrogens (tertiary/aromatic N) is 6. The zero-order valence-electron chi connectivity index (χ0n) is 27.0. The molecule has 3 aromatic rings. The molecule has 246 valence electrons.